The SMILES string of the molecule is CCCOc1cccc(-c2nnc(NC(=O)Nc3ccc(Cl)c(Cl)c3)s2)c1. The zero-order valence-corrected chi connectivity index (χ0v) is 16.7. The van der Waals surface area contributed by atoms with Crippen LogP contribution < -0.4 is 15.4 Å². The van der Waals surface area contributed by atoms with Gasteiger partial charge in [-0.1, -0.05) is 53.6 Å². The first-order valence-corrected chi connectivity index (χ1v) is 9.72. The Bertz CT molecular complexity index is 949. The minimum atomic E-state index is -0.448. The van der Waals surface area contributed by atoms with Crippen LogP contribution in [0.5, 0.6) is 5.75 Å². The van der Waals surface area contributed by atoms with Crippen molar-refractivity contribution in [2.75, 3.05) is 17.2 Å². The van der Waals surface area contributed by atoms with Crippen LogP contribution in [0.2, 0.25) is 10.0 Å². The topological polar surface area (TPSA) is 76.1 Å². The molecule has 0 aliphatic rings. The van der Waals surface area contributed by atoms with Gasteiger partial charge in [-0.3, -0.25) is 5.32 Å². The molecule has 0 fully saturated rings. The maximum atomic E-state index is 12.1. The van der Waals surface area contributed by atoms with E-state index < -0.39 is 6.03 Å². The van der Waals surface area contributed by atoms with E-state index >= 15 is 0 Å². The van der Waals surface area contributed by atoms with E-state index in [0.29, 0.717) is 32.5 Å². The van der Waals surface area contributed by atoms with Crippen molar-refractivity contribution in [2.45, 2.75) is 13.3 Å². The number of hydrogen-bond acceptors (Lipinski definition) is 5. The van der Waals surface area contributed by atoms with Crippen LogP contribution in [0.3, 0.4) is 0 Å². The van der Waals surface area contributed by atoms with Gasteiger partial charge in [0.15, 0.2) is 0 Å². The molecule has 0 unspecified atom stereocenters. The normalized spacial score (nSPS) is 10.5. The Balaban J connectivity index is 1.65. The van der Waals surface area contributed by atoms with E-state index in [9.17, 15) is 4.79 Å². The van der Waals surface area contributed by atoms with Gasteiger partial charge < -0.3 is 10.1 Å². The van der Waals surface area contributed by atoms with Crippen molar-refractivity contribution < 1.29 is 9.53 Å². The summed E-state index contributed by atoms with van der Waals surface area (Å²) in [6, 6.07) is 12.0. The van der Waals surface area contributed by atoms with E-state index in [-0.39, 0.29) is 0 Å². The largest absolute Gasteiger partial charge is 0.494 e. The molecular formula is C18H16Cl2N4O2S. The van der Waals surface area contributed by atoms with E-state index in [2.05, 4.69) is 27.8 Å². The molecule has 3 aromatic rings. The van der Waals surface area contributed by atoms with Crippen LogP contribution in [-0.4, -0.2) is 22.8 Å². The van der Waals surface area contributed by atoms with Crippen LogP contribution >= 0.6 is 34.5 Å². The lowest BCUT2D eigenvalue weighted by Gasteiger charge is -2.06. The fourth-order valence-corrected chi connectivity index (χ4v) is 3.20. The summed E-state index contributed by atoms with van der Waals surface area (Å²) in [5, 5.41) is 15.3. The number of rotatable bonds is 6. The Morgan fingerprint density at radius 3 is 2.74 bits per heavy atom. The van der Waals surface area contributed by atoms with Crippen LogP contribution in [0.4, 0.5) is 15.6 Å². The molecule has 9 heteroatoms. The molecule has 0 radical (unpaired) electrons. The Morgan fingerprint density at radius 2 is 1.96 bits per heavy atom. The third-order valence-electron chi connectivity index (χ3n) is 3.38. The molecule has 2 N–H and O–H groups in total. The molecule has 6 nitrogen and oxygen atoms in total. The third-order valence-corrected chi connectivity index (χ3v) is 5.00. The first-order chi connectivity index (χ1) is 13.0. The fourth-order valence-electron chi connectivity index (χ4n) is 2.16. The van der Waals surface area contributed by atoms with Crippen molar-refractivity contribution in [3.63, 3.8) is 0 Å². The molecule has 2 aromatic carbocycles. The highest BCUT2D eigenvalue weighted by molar-refractivity contribution is 7.18. The molecule has 0 saturated heterocycles. The molecule has 0 spiro atoms. The molecular weight excluding hydrogens is 407 g/mol. The van der Waals surface area contributed by atoms with Crippen LogP contribution in [-0.2, 0) is 0 Å². The van der Waals surface area contributed by atoms with Crippen molar-refractivity contribution in [1.29, 1.82) is 0 Å². The molecule has 3 rings (SSSR count). The lowest BCUT2D eigenvalue weighted by atomic mass is 10.2. The van der Waals surface area contributed by atoms with Crippen molar-refractivity contribution in [3.05, 3.63) is 52.5 Å². The van der Waals surface area contributed by atoms with Gasteiger partial charge in [0.25, 0.3) is 0 Å². The second-order valence-corrected chi connectivity index (χ2v) is 7.29. The summed E-state index contributed by atoms with van der Waals surface area (Å²) >= 11 is 13.1. The van der Waals surface area contributed by atoms with Gasteiger partial charge in [-0.2, -0.15) is 0 Å². The van der Waals surface area contributed by atoms with Gasteiger partial charge in [-0.05, 0) is 36.8 Å². The van der Waals surface area contributed by atoms with Gasteiger partial charge >= 0.3 is 6.03 Å². The van der Waals surface area contributed by atoms with Gasteiger partial charge in [0, 0.05) is 11.3 Å². The maximum absolute atomic E-state index is 12.1. The zero-order chi connectivity index (χ0) is 19.2. The average Bonchev–Trinajstić information content (AvgIpc) is 3.11. The highest BCUT2D eigenvalue weighted by Crippen LogP contribution is 2.29. The number of carbonyl (C=O) groups is 1. The number of amides is 2. The first kappa shape index (κ1) is 19.4. The zero-order valence-electron chi connectivity index (χ0n) is 14.3. The number of nitrogens with one attached hydrogen (secondary N) is 2. The second-order valence-electron chi connectivity index (χ2n) is 5.50. The highest BCUT2D eigenvalue weighted by atomic mass is 35.5. The number of urea groups is 1. The monoisotopic (exact) mass is 422 g/mol. The smallest absolute Gasteiger partial charge is 0.325 e. The minimum Gasteiger partial charge on any atom is -0.494 e. The molecule has 1 heterocycles. The molecule has 27 heavy (non-hydrogen) atoms. The van der Waals surface area contributed by atoms with Crippen molar-refractivity contribution in [2.24, 2.45) is 0 Å². The predicted molar refractivity (Wildman–Crippen MR) is 110 cm³/mol. The lowest BCUT2D eigenvalue weighted by Crippen LogP contribution is -2.19. The van der Waals surface area contributed by atoms with Crippen LogP contribution in [0.1, 0.15) is 13.3 Å². The Morgan fingerprint density at radius 1 is 1.11 bits per heavy atom. The van der Waals surface area contributed by atoms with E-state index in [1.807, 2.05) is 24.3 Å². The predicted octanol–water partition coefficient (Wildman–Crippen LogP) is 5.94. The quantitative estimate of drug-likeness (QED) is 0.514. The number of halogens is 2. The van der Waals surface area contributed by atoms with Gasteiger partial charge in [0.05, 0.1) is 16.7 Å². The summed E-state index contributed by atoms with van der Waals surface area (Å²) in [6.07, 6.45) is 0.936. The van der Waals surface area contributed by atoms with Crippen molar-refractivity contribution in [1.82, 2.24) is 10.2 Å². The van der Waals surface area contributed by atoms with E-state index in [1.54, 1.807) is 18.2 Å². The number of anilines is 2. The van der Waals surface area contributed by atoms with Crippen LogP contribution in [0.25, 0.3) is 10.6 Å². The Kier molecular flexibility index (Phi) is 6.49. The first-order valence-electron chi connectivity index (χ1n) is 8.15. The van der Waals surface area contributed by atoms with E-state index in [1.165, 1.54) is 11.3 Å². The minimum absolute atomic E-state index is 0.359. The summed E-state index contributed by atoms with van der Waals surface area (Å²) in [4.78, 5) is 12.1. The third kappa shape index (κ3) is 5.32. The maximum Gasteiger partial charge on any atom is 0.325 e. The molecule has 1 aromatic heterocycles. The molecule has 0 atom stereocenters. The summed E-state index contributed by atoms with van der Waals surface area (Å²) in [5.41, 5.74) is 1.39. The number of hydrogen-bond donors (Lipinski definition) is 2. The standard InChI is InChI=1S/C18H16Cl2N4O2S/c1-2-8-26-13-5-3-4-11(9-13)16-23-24-18(27-16)22-17(25)21-12-6-7-14(19)15(20)10-12/h3-7,9-10H,2,8H2,1H3,(H2,21,22,24,25). The average molecular weight is 423 g/mol. The molecule has 0 saturated carbocycles. The molecule has 0 aliphatic heterocycles. The number of ether oxygens (including phenoxy) is 1. The van der Waals surface area contributed by atoms with Crippen LogP contribution in [0.15, 0.2) is 42.5 Å². The molecule has 0 bridgehead atoms. The lowest BCUT2D eigenvalue weighted by molar-refractivity contribution is 0.262. The summed E-state index contributed by atoms with van der Waals surface area (Å²) in [6.45, 7) is 2.71. The van der Waals surface area contributed by atoms with Crippen molar-refractivity contribution in [3.8, 4) is 16.3 Å². The second kappa shape index (κ2) is 9.03. The number of carbonyl (C=O) groups excluding carboxylic acids is 1. The molecule has 0 aliphatic carbocycles. The van der Waals surface area contributed by atoms with E-state index in [0.717, 1.165) is 17.7 Å². The Hall–Kier alpha value is -2.35. The Labute approximate surface area is 170 Å². The van der Waals surface area contributed by atoms with Crippen molar-refractivity contribution >= 4 is 51.4 Å². The van der Waals surface area contributed by atoms with Crippen LogP contribution in [0, 0.1) is 0 Å². The van der Waals surface area contributed by atoms with Gasteiger partial charge in [0.1, 0.15) is 10.8 Å². The summed E-state index contributed by atoms with van der Waals surface area (Å²) < 4.78 is 5.63. The summed E-state index contributed by atoms with van der Waals surface area (Å²) in [7, 11) is 0. The fraction of sp³-hybridized carbons (Fsp3) is 0.167. The van der Waals surface area contributed by atoms with Gasteiger partial charge in [0.2, 0.25) is 5.13 Å². The number of benzene rings is 2. The van der Waals surface area contributed by atoms with Gasteiger partial charge in [-0.25, -0.2) is 4.79 Å². The summed E-state index contributed by atoms with van der Waals surface area (Å²) in [5.74, 6) is 0.774. The molecule has 2 amide bonds. The van der Waals surface area contributed by atoms with E-state index in [4.69, 9.17) is 27.9 Å². The highest BCUT2D eigenvalue weighted by Gasteiger charge is 2.11. The number of nitrogens with zero attached hydrogens (tertiary/aromatic N) is 2. The van der Waals surface area contributed by atoms with Gasteiger partial charge in [-0.15, -0.1) is 10.2 Å². The molecule has 140 valence electrons. The number of aromatic nitrogens is 2.